The van der Waals surface area contributed by atoms with Crippen LogP contribution in [0.4, 0.5) is 20.7 Å². The van der Waals surface area contributed by atoms with Gasteiger partial charge in [-0.25, -0.2) is 14.2 Å². The van der Waals surface area contributed by atoms with Gasteiger partial charge in [0.15, 0.2) is 0 Å². The zero-order valence-corrected chi connectivity index (χ0v) is 19.3. The average molecular weight is 499 g/mol. The van der Waals surface area contributed by atoms with Gasteiger partial charge in [-0.05, 0) is 30.3 Å². The molecule has 1 aromatic heterocycles. The Morgan fingerprint density at radius 3 is 2.86 bits per heavy atom. The largest absolute Gasteiger partial charge is 0.515 e. The molecule has 1 saturated heterocycles. The summed E-state index contributed by atoms with van der Waals surface area (Å²) < 4.78 is 20.2. The van der Waals surface area contributed by atoms with Crippen molar-refractivity contribution in [2.24, 2.45) is 16.5 Å². The predicted octanol–water partition coefficient (Wildman–Crippen LogP) is 1.13. The van der Waals surface area contributed by atoms with E-state index in [0.717, 1.165) is 12.6 Å². The number of aliphatic hydroxyl groups is 1. The molecule has 1 aliphatic rings. The van der Waals surface area contributed by atoms with Crippen molar-refractivity contribution in [1.82, 2.24) is 10.3 Å². The molecule has 12 nitrogen and oxygen atoms in total. The van der Waals surface area contributed by atoms with Crippen molar-refractivity contribution in [3.8, 4) is 11.1 Å². The number of nitrogens with two attached hydrogens (primary N) is 2. The fourth-order valence-corrected chi connectivity index (χ4v) is 3.42. The molecule has 190 valence electrons. The standard InChI is InChI=1S/C23H27FN8O4/c24-19-9-16(32-13-17(36-23(32)35)12-29-20(27)5-8-33)2-3-18(19)15-1-4-21(30-11-15)31(14-26)7-6-28-22(34)10-25/h1-5,8-9,11,14,17,26,33H,6-7,10,12-13,25H2,(H2,27,29)(H,28,34)/b8-5-,26-14?. The lowest BCUT2D eigenvalue weighted by atomic mass is 10.1. The third-order valence-corrected chi connectivity index (χ3v) is 5.23. The minimum Gasteiger partial charge on any atom is -0.515 e. The molecule has 36 heavy (non-hydrogen) atoms. The zero-order chi connectivity index (χ0) is 26.1. The maximum Gasteiger partial charge on any atom is 0.414 e. The molecule has 2 heterocycles. The first kappa shape index (κ1) is 26.1. The number of benzene rings is 1. The van der Waals surface area contributed by atoms with Crippen LogP contribution in [-0.2, 0) is 9.53 Å². The maximum atomic E-state index is 15.0. The van der Waals surface area contributed by atoms with Crippen LogP contribution < -0.4 is 26.6 Å². The van der Waals surface area contributed by atoms with E-state index in [1.165, 1.54) is 28.1 Å². The highest BCUT2D eigenvalue weighted by Crippen LogP contribution is 2.29. The molecule has 0 spiro atoms. The molecule has 1 atom stereocenters. The van der Waals surface area contributed by atoms with Crippen LogP contribution in [0.5, 0.6) is 0 Å². The molecule has 1 aliphatic heterocycles. The fraction of sp³-hybridized carbons (Fsp3) is 0.261. The van der Waals surface area contributed by atoms with Gasteiger partial charge in [0.1, 0.15) is 23.6 Å². The molecule has 7 N–H and O–H groups in total. The number of amidine groups is 1. The van der Waals surface area contributed by atoms with Crippen LogP contribution in [0.1, 0.15) is 0 Å². The van der Waals surface area contributed by atoms with Crippen molar-refractivity contribution < 1.29 is 23.8 Å². The number of rotatable bonds is 11. The van der Waals surface area contributed by atoms with Gasteiger partial charge in [-0.2, -0.15) is 0 Å². The zero-order valence-electron chi connectivity index (χ0n) is 19.3. The monoisotopic (exact) mass is 498 g/mol. The van der Waals surface area contributed by atoms with Crippen LogP contribution in [-0.4, -0.2) is 73.1 Å². The minimum atomic E-state index is -0.626. The number of carbonyl (C=O) groups excluding carboxylic acids is 2. The van der Waals surface area contributed by atoms with Crippen LogP contribution in [0.15, 0.2) is 53.9 Å². The molecule has 13 heteroatoms. The molecule has 3 rings (SSSR count). The highest BCUT2D eigenvalue weighted by Gasteiger charge is 2.32. The van der Waals surface area contributed by atoms with Crippen LogP contribution in [0, 0.1) is 11.2 Å². The normalized spacial score (nSPS) is 15.7. The van der Waals surface area contributed by atoms with Crippen LogP contribution in [0.2, 0.25) is 0 Å². The second kappa shape index (κ2) is 12.3. The number of hydrogen-bond acceptors (Lipinski definition) is 8. The van der Waals surface area contributed by atoms with Crippen molar-refractivity contribution in [1.29, 1.82) is 5.41 Å². The summed E-state index contributed by atoms with van der Waals surface area (Å²) in [6.07, 6.45) is 3.33. The minimum absolute atomic E-state index is 0.0872. The van der Waals surface area contributed by atoms with Crippen molar-refractivity contribution in [2.45, 2.75) is 6.10 Å². The van der Waals surface area contributed by atoms with E-state index in [-0.39, 0.29) is 43.5 Å². The van der Waals surface area contributed by atoms with Crippen LogP contribution in [0.25, 0.3) is 11.1 Å². The topological polar surface area (TPSA) is 183 Å². The van der Waals surface area contributed by atoms with E-state index in [2.05, 4.69) is 15.3 Å². The molecule has 1 aromatic carbocycles. The van der Waals surface area contributed by atoms with E-state index in [0.29, 0.717) is 23.6 Å². The van der Waals surface area contributed by atoms with Crippen molar-refractivity contribution in [3.05, 3.63) is 54.7 Å². The van der Waals surface area contributed by atoms with Crippen molar-refractivity contribution >= 4 is 35.7 Å². The average Bonchev–Trinajstić information content (AvgIpc) is 3.26. The number of halogens is 1. The summed E-state index contributed by atoms with van der Waals surface area (Å²) in [5.41, 5.74) is 11.9. The van der Waals surface area contributed by atoms with Gasteiger partial charge in [0.05, 0.1) is 37.9 Å². The molecule has 0 bridgehead atoms. The highest BCUT2D eigenvalue weighted by molar-refractivity contribution is 5.92. The van der Waals surface area contributed by atoms with Gasteiger partial charge >= 0.3 is 6.09 Å². The van der Waals surface area contributed by atoms with Crippen LogP contribution >= 0.6 is 0 Å². The van der Waals surface area contributed by atoms with E-state index < -0.39 is 18.0 Å². The Bertz CT molecular complexity index is 1160. The summed E-state index contributed by atoms with van der Waals surface area (Å²) in [7, 11) is 0. The summed E-state index contributed by atoms with van der Waals surface area (Å²) in [5.74, 6) is -0.309. The lowest BCUT2D eigenvalue weighted by Gasteiger charge is -2.18. The fourth-order valence-electron chi connectivity index (χ4n) is 3.42. The van der Waals surface area contributed by atoms with Gasteiger partial charge in [0.25, 0.3) is 0 Å². The summed E-state index contributed by atoms with van der Waals surface area (Å²) >= 11 is 0. The van der Waals surface area contributed by atoms with Gasteiger partial charge in [-0.1, -0.05) is 0 Å². The number of amides is 2. The number of aliphatic hydroxyl groups excluding tert-OH is 1. The SMILES string of the molecule is N=CN(CCNC(=O)CN)c1ccc(-c2ccc(N3CC(CN=C(N)/C=C\O)OC3=O)cc2F)cn1. The van der Waals surface area contributed by atoms with Gasteiger partial charge in [0.2, 0.25) is 5.91 Å². The first-order chi connectivity index (χ1) is 17.4. The molecule has 1 unspecified atom stereocenters. The van der Waals surface area contributed by atoms with E-state index in [9.17, 15) is 14.0 Å². The number of aliphatic imine (C=N–C) groups is 1. The smallest absolute Gasteiger partial charge is 0.414 e. The number of carbonyl (C=O) groups is 2. The molecule has 0 saturated carbocycles. The molecular weight excluding hydrogens is 471 g/mol. The number of hydrogen-bond donors (Lipinski definition) is 5. The summed E-state index contributed by atoms with van der Waals surface area (Å²) in [4.78, 5) is 34.7. The van der Waals surface area contributed by atoms with Crippen molar-refractivity contribution in [2.75, 3.05) is 42.5 Å². The number of pyridine rings is 1. The molecular formula is C23H27FN8O4. The third kappa shape index (κ3) is 6.54. The lowest BCUT2D eigenvalue weighted by Crippen LogP contribution is -2.37. The van der Waals surface area contributed by atoms with Gasteiger partial charge in [-0.3, -0.25) is 20.1 Å². The number of cyclic esters (lactones) is 1. The van der Waals surface area contributed by atoms with Crippen molar-refractivity contribution in [3.63, 3.8) is 0 Å². The first-order valence-electron chi connectivity index (χ1n) is 10.9. The molecule has 0 aliphatic carbocycles. The van der Waals surface area contributed by atoms with Gasteiger partial charge < -0.3 is 31.5 Å². The number of aromatic nitrogens is 1. The number of ether oxygens (including phenoxy) is 1. The summed E-state index contributed by atoms with van der Waals surface area (Å²) in [6.45, 7) is 0.744. The van der Waals surface area contributed by atoms with E-state index in [1.54, 1.807) is 24.3 Å². The van der Waals surface area contributed by atoms with E-state index in [1.807, 2.05) is 0 Å². The molecule has 2 amide bonds. The second-order valence-electron chi connectivity index (χ2n) is 7.64. The predicted molar refractivity (Wildman–Crippen MR) is 134 cm³/mol. The number of nitrogens with zero attached hydrogens (tertiary/aromatic N) is 4. The number of nitrogens with one attached hydrogen (secondary N) is 2. The summed E-state index contributed by atoms with van der Waals surface area (Å²) in [6, 6.07) is 7.69. The lowest BCUT2D eigenvalue weighted by molar-refractivity contribution is -0.119. The quantitative estimate of drug-likeness (QED) is 0.173. The maximum absolute atomic E-state index is 15.0. The van der Waals surface area contributed by atoms with E-state index >= 15 is 0 Å². The Morgan fingerprint density at radius 1 is 1.42 bits per heavy atom. The first-order valence-corrected chi connectivity index (χ1v) is 10.9. The molecule has 0 radical (unpaired) electrons. The summed E-state index contributed by atoms with van der Waals surface area (Å²) in [5, 5.41) is 18.9. The Labute approximate surface area is 206 Å². The second-order valence-corrected chi connectivity index (χ2v) is 7.64. The van der Waals surface area contributed by atoms with Gasteiger partial charge in [0, 0.05) is 36.5 Å². The Morgan fingerprint density at radius 2 is 2.22 bits per heavy atom. The van der Waals surface area contributed by atoms with E-state index in [4.69, 9.17) is 26.7 Å². The van der Waals surface area contributed by atoms with Crippen LogP contribution in [0.3, 0.4) is 0 Å². The third-order valence-electron chi connectivity index (χ3n) is 5.23. The van der Waals surface area contributed by atoms with Gasteiger partial charge in [-0.15, -0.1) is 0 Å². The Hall–Kier alpha value is -4.52. The molecule has 1 fully saturated rings. The Balaban J connectivity index is 1.67. The number of anilines is 2. The molecule has 2 aromatic rings. The Kier molecular flexibility index (Phi) is 8.89. The highest BCUT2D eigenvalue weighted by atomic mass is 19.1.